The molecule has 2 aliphatic heterocycles. The first-order valence-corrected chi connectivity index (χ1v) is 9.56. The molecule has 1 aromatic carbocycles. The summed E-state index contributed by atoms with van der Waals surface area (Å²) in [6.07, 6.45) is 2.93. The largest absolute Gasteiger partial charge is 0.469 e. The number of halogens is 1. The van der Waals surface area contributed by atoms with Crippen LogP contribution in [-0.4, -0.2) is 60.6 Å². The third-order valence-corrected chi connectivity index (χ3v) is 5.57. The van der Waals surface area contributed by atoms with Crippen molar-refractivity contribution in [2.24, 2.45) is 0 Å². The average molecular weight is 380 g/mol. The number of ether oxygens (including phenoxy) is 1. The van der Waals surface area contributed by atoms with E-state index >= 15 is 0 Å². The Morgan fingerprint density at radius 1 is 1.31 bits per heavy atom. The van der Waals surface area contributed by atoms with Gasteiger partial charge in [0.05, 0.1) is 24.8 Å². The summed E-state index contributed by atoms with van der Waals surface area (Å²) in [5.74, 6) is -0.118. The molecule has 26 heavy (non-hydrogen) atoms. The van der Waals surface area contributed by atoms with Crippen molar-refractivity contribution in [1.82, 2.24) is 9.80 Å². The van der Waals surface area contributed by atoms with Crippen LogP contribution >= 0.6 is 11.6 Å². The zero-order valence-corrected chi connectivity index (χ0v) is 16.1. The van der Waals surface area contributed by atoms with E-state index < -0.39 is 0 Å². The van der Waals surface area contributed by atoms with E-state index in [1.165, 1.54) is 7.11 Å². The van der Waals surface area contributed by atoms with Crippen LogP contribution in [0.4, 0.5) is 5.69 Å². The van der Waals surface area contributed by atoms with Crippen molar-refractivity contribution in [3.63, 3.8) is 0 Å². The maximum absolute atomic E-state index is 13.1. The number of nitrogens with zero attached hydrogens (tertiary/aromatic N) is 2. The van der Waals surface area contributed by atoms with Crippen molar-refractivity contribution in [2.45, 2.75) is 38.3 Å². The van der Waals surface area contributed by atoms with Crippen LogP contribution in [0, 0.1) is 0 Å². The molecular weight excluding hydrogens is 354 g/mol. The van der Waals surface area contributed by atoms with Gasteiger partial charge in [0.2, 0.25) is 0 Å². The molecule has 1 N–H and O–H groups in total. The van der Waals surface area contributed by atoms with Crippen LogP contribution in [0.25, 0.3) is 0 Å². The number of hydrogen-bond acceptors (Lipinski definition) is 5. The van der Waals surface area contributed by atoms with E-state index in [1.54, 1.807) is 12.1 Å². The Morgan fingerprint density at radius 2 is 2.04 bits per heavy atom. The van der Waals surface area contributed by atoms with Gasteiger partial charge in [0.15, 0.2) is 0 Å². The summed E-state index contributed by atoms with van der Waals surface area (Å²) in [5.41, 5.74) is 1.12. The van der Waals surface area contributed by atoms with Crippen LogP contribution in [0.15, 0.2) is 18.2 Å². The molecule has 1 amide bonds. The molecule has 0 aliphatic carbocycles. The minimum atomic E-state index is -0.382. The SMILES string of the molecule is CCCN1C(=O)c2ccc(Cl)cc2NC12CCN(CCC(=O)OC)CC2. The minimum Gasteiger partial charge on any atom is -0.469 e. The monoisotopic (exact) mass is 379 g/mol. The second-order valence-corrected chi connectivity index (χ2v) is 7.41. The number of methoxy groups -OCH3 is 1. The van der Waals surface area contributed by atoms with Crippen LogP contribution < -0.4 is 5.32 Å². The van der Waals surface area contributed by atoms with E-state index in [0.717, 1.165) is 44.6 Å². The molecule has 1 fully saturated rings. The van der Waals surface area contributed by atoms with Gasteiger partial charge in [-0.1, -0.05) is 18.5 Å². The summed E-state index contributed by atoms with van der Waals surface area (Å²) in [4.78, 5) is 28.7. The van der Waals surface area contributed by atoms with Crippen molar-refractivity contribution in [1.29, 1.82) is 0 Å². The fraction of sp³-hybridized carbons (Fsp3) is 0.579. The third kappa shape index (κ3) is 3.67. The number of carbonyl (C=O) groups is 2. The molecule has 0 radical (unpaired) electrons. The molecule has 0 saturated carbocycles. The first-order chi connectivity index (χ1) is 12.5. The van der Waals surface area contributed by atoms with E-state index in [-0.39, 0.29) is 17.5 Å². The molecule has 1 spiro atoms. The molecule has 6 nitrogen and oxygen atoms in total. The summed E-state index contributed by atoms with van der Waals surface area (Å²) < 4.78 is 4.72. The number of hydrogen-bond donors (Lipinski definition) is 1. The number of likely N-dealkylation sites (tertiary alicyclic amines) is 1. The molecule has 0 atom stereocenters. The standard InChI is InChI=1S/C19H26ClN3O3/c1-3-9-23-18(25)15-5-4-14(20)13-16(15)21-19(23)7-11-22(12-8-19)10-6-17(24)26-2/h4-5,13,21H,3,6-12H2,1-2H3. The van der Waals surface area contributed by atoms with Gasteiger partial charge in [-0.05, 0) is 24.6 Å². The first kappa shape index (κ1) is 19.0. The average Bonchev–Trinajstić information content (AvgIpc) is 2.64. The molecule has 1 aromatic rings. The lowest BCUT2D eigenvalue weighted by atomic mass is 9.89. The quantitative estimate of drug-likeness (QED) is 0.797. The summed E-state index contributed by atoms with van der Waals surface area (Å²) >= 11 is 6.14. The fourth-order valence-electron chi connectivity index (χ4n) is 3.90. The number of amides is 1. The van der Waals surface area contributed by atoms with Gasteiger partial charge in [0.25, 0.3) is 5.91 Å². The summed E-state index contributed by atoms with van der Waals surface area (Å²) in [6, 6.07) is 5.40. The number of fused-ring (bicyclic) bond motifs is 1. The highest BCUT2D eigenvalue weighted by molar-refractivity contribution is 6.31. The van der Waals surface area contributed by atoms with Crippen molar-refractivity contribution in [2.75, 3.05) is 38.6 Å². The number of carbonyl (C=O) groups excluding carboxylic acids is 2. The lowest BCUT2D eigenvalue weighted by Crippen LogP contribution is -2.64. The highest BCUT2D eigenvalue weighted by Gasteiger charge is 2.46. The van der Waals surface area contributed by atoms with E-state index in [9.17, 15) is 9.59 Å². The lowest BCUT2D eigenvalue weighted by molar-refractivity contribution is -0.141. The maximum atomic E-state index is 13.1. The van der Waals surface area contributed by atoms with Crippen LogP contribution in [0.1, 0.15) is 43.0 Å². The second-order valence-electron chi connectivity index (χ2n) is 6.97. The smallest absolute Gasteiger partial charge is 0.306 e. The summed E-state index contributed by atoms with van der Waals surface area (Å²) in [7, 11) is 1.41. The Balaban J connectivity index is 1.77. The first-order valence-electron chi connectivity index (χ1n) is 9.18. The molecule has 3 rings (SSSR count). The van der Waals surface area contributed by atoms with E-state index in [0.29, 0.717) is 23.6 Å². The molecule has 0 aromatic heterocycles. The van der Waals surface area contributed by atoms with Crippen LogP contribution in [0.3, 0.4) is 0 Å². The van der Waals surface area contributed by atoms with Crippen LogP contribution in [0.5, 0.6) is 0 Å². The lowest BCUT2D eigenvalue weighted by Gasteiger charge is -2.52. The van der Waals surface area contributed by atoms with Gasteiger partial charge in [-0.25, -0.2) is 0 Å². The number of benzene rings is 1. The van der Waals surface area contributed by atoms with Crippen molar-refractivity contribution >= 4 is 29.2 Å². The van der Waals surface area contributed by atoms with E-state index in [4.69, 9.17) is 16.3 Å². The number of rotatable bonds is 5. The number of nitrogens with one attached hydrogen (secondary N) is 1. The van der Waals surface area contributed by atoms with Crippen LogP contribution in [0.2, 0.25) is 5.02 Å². The Labute approximate surface area is 159 Å². The topological polar surface area (TPSA) is 61.9 Å². The van der Waals surface area contributed by atoms with Gasteiger partial charge in [0, 0.05) is 44.0 Å². The van der Waals surface area contributed by atoms with Crippen molar-refractivity contribution in [3.8, 4) is 0 Å². The normalized spacial score (nSPS) is 19.2. The predicted octanol–water partition coefficient (Wildman–Crippen LogP) is 2.97. The Kier molecular flexibility index (Phi) is 5.73. The fourth-order valence-corrected chi connectivity index (χ4v) is 4.07. The zero-order chi connectivity index (χ0) is 18.7. The molecule has 7 heteroatoms. The highest BCUT2D eigenvalue weighted by Crippen LogP contribution is 2.38. The highest BCUT2D eigenvalue weighted by atomic mass is 35.5. The number of esters is 1. The third-order valence-electron chi connectivity index (χ3n) is 5.33. The van der Waals surface area contributed by atoms with E-state index in [1.807, 2.05) is 11.0 Å². The van der Waals surface area contributed by atoms with E-state index in [2.05, 4.69) is 17.1 Å². The maximum Gasteiger partial charge on any atom is 0.306 e. The number of piperidine rings is 1. The van der Waals surface area contributed by atoms with Gasteiger partial charge in [0.1, 0.15) is 5.66 Å². The van der Waals surface area contributed by atoms with Crippen molar-refractivity contribution in [3.05, 3.63) is 28.8 Å². The van der Waals surface area contributed by atoms with Gasteiger partial charge in [-0.2, -0.15) is 0 Å². The predicted molar refractivity (Wildman–Crippen MR) is 101 cm³/mol. The Morgan fingerprint density at radius 3 is 2.69 bits per heavy atom. The molecule has 142 valence electrons. The molecule has 2 heterocycles. The molecule has 0 bridgehead atoms. The minimum absolute atomic E-state index is 0.0697. The number of anilines is 1. The second kappa shape index (κ2) is 7.84. The molecule has 1 saturated heterocycles. The van der Waals surface area contributed by atoms with Gasteiger partial charge >= 0.3 is 5.97 Å². The summed E-state index contributed by atoms with van der Waals surface area (Å²) in [5, 5.41) is 4.24. The Hall–Kier alpha value is -1.79. The molecule has 0 unspecified atom stereocenters. The molecular formula is C19H26ClN3O3. The van der Waals surface area contributed by atoms with Gasteiger partial charge in [-0.15, -0.1) is 0 Å². The van der Waals surface area contributed by atoms with Crippen molar-refractivity contribution < 1.29 is 14.3 Å². The van der Waals surface area contributed by atoms with Gasteiger partial charge < -0.3 is 19.9 Å². The zero-order valence-electron chi connectivity index (χ0n) is 15.4. The molecule has 2 aliphatic rings. The van der Waals surface area contributed by atoms with Gasteiger partial charge in [-0.3, -0.25) is 9.59 Å². The Bertz CT molecular complexity index is 687. The summed E-state index contributed by atoms with van der Waals surface area (Å²) in [6.45, 7) is 5.15. The van der Waals surface area contributed by atoms with Crippen LogP contribution in [-0.2, 0) is 9.53 Å².